The molecule has 6 aromatic carbocycles. The van der Waals surface area contributed by atoms with E-state index >= 15 is 0 Å². The van der Waals surface area contributed by atoms with Gasteiger partial charge in [0.05, 0.1) is 0 Å². The highest BCUT2D eigenvalue weighted by molar-refractivity contribution is 6.43. The SMILES string of the molecule is CCC(CC)N1C(=O)c2ccc3c4ccc5c6c(cc(-c7ccc(N)cc7)c(c7ccc(c2c37)C1=O)c64)C(=O)N(C(CC)CC)C5=O. The van der Waals surface area contributed by atoms with Crippen LogP contribution in [0.1, 0.15) is 94.8 Å². The summed E-state index contributed by atoms with van der Waals surface area (Å²) in [6, 6.07) is 20.5. The third kappa shape index (κ3) is 3.74. The van der Waals surface area contributed by atoms with Crippen LogP contribution in [0.3, 0.4) is 0 Å². The lowest BCUT2D eigenvalue weighted by atomic mass is 9.79. The van der Waals surface area contributed by atoms with Crippen LogP contribution in [-0.4, -0.2) is 45.5 Å². The van der Waals surface area contributed by atoms with Gasteiger partial charge in [-0.1, -0.05) is 58.0 Å². The van der Waals surface area contributed by atoms with Gasteiger partial charge in [-0.15, -0.1) is 0 Å². The molecular formula is C40H35N3O4. The number of rotatable bonds is 7. The average molecular weight is 622 g/mol. The van der Waals surface area contributed by atoms with E-state index in [0.29, 0.717) is 64.4 Å². The van der Waals surface area contributed by atoms with Crippen molar-refractivity contribution in [1.29, 1.82) is 0 Å². The Balaban J connectivity index is 1.54. The molecule has 8 rings (SSSR count). The summed E-state index contributed by atoms with van der Waals surface area (Å²) in [4.78, 5) is 59.3. The molecule has 0 unspecified atom stereocenters. The fraction of sp³-hybridized carbons (Fsp3) is 0.250. The number of benzene rings is 6. The quantitative estimate of drug-likeness (QED) is 0.0833. The Morgan fingerprint density at radius 1 is 0.468 bits per heavy atom. The Kier molecular flexibility index (Phi) is 6.42. The van der Waals surface area contributed by atoms with Gasteiger partial charge in [-0.05, 0) is 106 Å². The molecule has 2 aliphatic heterocycles. The van der Waals surface area contributed by atoms with Crippen molar-refractivity contribution in [3.05, 3.63) is 89.0 Å². The van der Waals surface area contributed by atoms with E-state index in [-0.39, 0.29) is 35.7 Å². The second-order valence-electron chi connectivity index (χ2n) is 12.9. The predicted molar refractivity (Wildman–Crippen MR) is 187 cm³/mol. The van der Waals surface area contributed by atoms with Gasteiger partial charge in [-0.25, -0.2) is 0 Å². The van der Waals surface area contributed by atoms with Crippen molar-refractivity contribution in [1.82, 2.24) is 9.80 Å². The standard InChI is InChI=1S/C40H35N3O4/c1-5-22(6-2)42-37(44)27-16-13-24-25-14-17-29-35-31(40(47)43(39(29)46)23(7-3)8-4)19-30(20-9-11-21(41)12-10-20)33(36(25)35)26-15-18-28(38(42)45)34(27)32(24)26/h9-19,22-23H,5-8,41H2,1-4H3. The number of carbonyl (C=O) groups is 4. The normalized spacial score (nSPS) is 14.9. The zero-order valence-electron chi connectivity index (χ0n) is 26.9. The van der Waals surface area contributed by atoms with Crippen LogP contribution in [-0.2, 0) is 0 Å². The Labute approximate surface area is 272 Å². The number of carbonyl (C=O) groups excluding carboxylic acids is 4. The van der Waals surface area contributed by atoms with E-state index in [4.69, 9.17) is 5.73 Å². The molecule has 0 spiro atoms. The zero-order valence-corrected chi connectivity index (χ0v) is 26.9. The Morgan fingerprint density at radius 3 is 1.38 bits per heavy atom. The molecule has 47 heavy (non-hydrogen) atoms. The van der Waals surface area contributed by atoms with Crippen LogP contribution in [0.5, 0.6) is 0 Å². The molecule has 234 valence electrons. The van der Waals surface area contributed by atoms with E-state index in [0.717, 1.165) is 43.4 Å². The van der Waals surface area contributed by atoms with Crippen molar-refractivity contribution in [3.8, 4) is 11.1 Å². The summed E-state index contributed by atoms with van der Waals surface area (Å²) in [6.07, 6.45) is 2.69. The first-order valence-corrected chi connectivity index (χ1v) is 16.6. The van der Waals surface area contributed by atoms with E-state index in [1.165, 1.54) is 9.80 Å². The van der Waals surface area contributed by atoms with Crippen LogP contribution in [0.4, 0.5) is 5.69 Å². The monoisotopic (exact) mass is 621 g/mol. The van der Waals surface area contributed by atoms with E-state index in [1.807, 2.05) is 94.4 Å². The second-order valence-corrected chi connectivity index (χ2v) is 12.9. The fourth-order valence-electron chi connectivity index (χ4n) is 8.27. The van der Waals surface area contributed by atoms with Crippen LogP contribution >= 0.6 is 0 Å². The van der Waals surface area contributed by atoms with Crippen LogP contribution in [0.25, 0.3) is 54.2 Å². The predicted octanol–water partition coefficient (Wildman–Crippen LogP) is 8.56. The first-order valence-electron chi connectivity index (χ1n) is 16.6. The van der Waals surface area contributed by atoms with Gasteiger partial charge in [0.1, 0.15) is 0 Å². The number of anilines is 1. The third-order valence-electron chi connectivity index (χ3n) is 10.6. The second kappa shape index (κ2) is 10.4. The molecule has 0 saturated heterocycles. The van der Waals surface area contributed by atoms with Crippen LogP contribution in [0, 0.1) is 0 Å². The number of nitrogens with zero attached hydrogens (tertiary/aromatic N) is 2. The number of nitrogens with two attached hydrogens (primary N) is 1. The van der Waals surface area contributed by atoms with Crippen molar-refractivity contribution < 1.29 is 19.2 Å². The highest BCUT2D eigenvalue weighted by Gasteiger charge is 2.40. The maximum Gasteiger partial charge on any atom is 0.261 e. The summed E-state index contributed by atoms with van der Waals surface area (Å²) in [6.45, 7) is 7.99. The molecule has 0 fully saturated rings. The zero-order chi connectivity index (χ0) is 32.9. The topological polar surface area (TPSA) is 101 Å². The van der Waals surface area contributed by atoms with E-state index in [2.05, 4.69) is 0 Å². The van der Waals surface area contributed by atoms with Gasteiger partial charge in [0.15, 0.2) is 0 Å². The van der Waals surface area contributed by atoms with E-state index in [9.17, 15) is 19.2 Å². The maximum atomic E-state index is 14.3. The van der Waals surface area contributed by atoms with Gasteiger partial charge in [0.25, 0.3) is 23.6 Å². The smallest absolute Gasteiger partial charge is 0.261 e. The minimum Gasteiger partial charge on any atom is -0.399 e. The van der Waals surface area contributed by atoms with Crippen molar-refractivity contribution in [2.24, 2.45) is 0 Å². The van der Waals surface area contributed by atoms with Gasteiger partial charge >= 0.3 is 0 Å². The summed E-state index contributed by atoms with van der Waals surface area (Å²) >= 11 is 0. The Hall–Kier alpha value is -5.30. The third-order valence-corrected chi connectivity index (χ3v) is 10.6. The van der Waals surface area contributed by atoms with Gasteiger partial charge in [0.2, 0.25) is 0 Å². The molecule has 2 heterocycles. The summed E-state index contributed by atoms with van der Waals surface area (Å²) < 4.78 is 0. The lowest BCUT2D eigenvalue weighted by molar-refractivity contribution is 0.0514. The molecular weight excluding hydrogens is 586 g/mol. The van der Waals surface area contributed by atoms with Crippen molar-refractivity contribution in [3.63, 3.8) is 0 Å². The molecule has 0 aliphatic carbocycles. The number of fused-ring (bicyclic) bond motifs is 2. The fourth-order valence-corrected chi connectivity index (χ4v) is 8.27. The first-order chi connectivity index (χ1) is 22.7. The summed E-state index contributed by atoms with van der Waals surface area (Å²) in [7, 11) is 0. The molecule has 2 N–H and O–H groups in total. The summed E-state index contributed by atoms with van der Waals surface area (Å²) in [5.74, 6) is -1.10. The van der Waals surface area contributed by atoms with Gasteiger partial charge in [-0.2, -0.15) is 0 Å². The molecule has 0 bridgehead atoms. The number of hydrogen-bond acceptors (Lipinski definition) is 5. The van der Waals surface area contributed by atoms with Crippen LogP contribution < -0.4 is 5.73 Å². The molecule has 6 aromatic rings. The first kappa shape index (κ1) is 29.1. The highest BCUT2D eigenvalue weighted by Crippen LogP contribution is 2.49. The largest absolute Gasteiger partial charge is 0.399 e. The van der Waals surface area contributed by atoms with E-state index < -0.39 is 0 Å². The molecule has 0 saturated carbocycles. The van der Waals surface area contributed by atoms with Crippen LogP contribution in [0.15, 0.2) is 66.7 Å². The lowest BCUT2D eigenvalue weighted by Gasteiger charge is -2.35. The number of nitrogen functional groups attached to an aromatic ring is 1. The van der Waals surface area contributed by atoms with Crippen LogP contribution in [0.2, 0.25) is 0 Å². The Morgan fingerprint density at radius 2 is 0.894 bits per heavy atom. The van der Waals surface area contributed by atoms with Crippen molar-refractivity contribution in [2.75, 3.05) is 5.73 Å². The van der Waals surface area contributed by atoms with Gasteiger partial charge in [0, 0.05) is 50.8 Å². The summed E-state index contributed by atoms with van der Waals surface area (Å²) in [5.41, 5.74) is 10.5. The highest BCUT2D eigenvalue weighted by atomic mass is 16.2. The molecule has 2 aliphatic rings. The van der Waals surface area contributed by atoms with Crippen molar-refractivity contribution in [2.45, 2.75) is 65.5 Å². The van der Waals surface area contributed by atoms with Gasteiger partial charge in [-0.3, -0.25) is 29.0 Å². The van der Waals surface area contributed by atoms with Crippen molar-refractivity contribution >= 4 is 72.4 Å². The minimum absolute atomic E-state index is 0.186. The minimum atomic E-state index is -0.287. The van der Waals surface area contributed by atoms with E-state index in [1.54, 1.807) is 0 Å². The molecule has 0 atom stereocenters. The molecule has 0 aromatic heterocycles. The molecule has 4 amide bonds. The maximum absolute atomic E-state index is 14.3. The summed E-state index contributed by atoms with van der Waals surface area (Å²) in [5, 5.41) is 6.46. The number of hydrogen-bond donors (Lipinski definition) is 1. The number of imide groups is 2. The Bertz CT molecular complexity index is 2330. The molecule has 7 nitrogen and oxygen atoms in total. The average Bonchev–Trinajstić information content (AvgIpc) is 3.09. The molecule has 7 heteroatoms. The lowest BCUT2D eigenvalue weighted by Crippen LogP contribution is -2.46. The molecule has 0 radical (unpaired) electrons. The number of amides is 4. The van der Waals surface area contributed by atoms with Gasteiger partial charge < -0.3 is 5.73 Å².